The van der Waals surface area contributed by atoms with Crippen molar-refractivity contribution in [2.24, 2.45) is 0 Å². The van der Waals surface area contributed by atoms with E-state index in [-0.39, 0.29) is 5.41 Å². The topological polar surface area (TPSA) is 3.24 Å². The van der Waals surface area contributed by atoms with Gasteiger partial charge in [-0.3, -0.25) is 0 Å². The Balaban J connectivity index is 1.57. The highest BCUT2D eigenvalue weighted by Crippen LogP contribution is 2.62. The maximum Gasteiger partial charge on any atom is 0.0725 e. The molecule has 0 N–H and O–H groups in total. The first kappa shape index (κ1) is 19.4. The fourth-order valence-electron chi connectivity index (χ4n) is 6.37. The number of hydrogen-bond acceptors (Lipinski definition) is 1. The van der Waals surface area contributed by atoms with Gasteiger partial charge in [0.2, 0.25) is 0 Å². The lowest BCUT2D eigenvalue weighted by Crippen LogP contribution is -2.25. The molecule has 1 nitrogen and oxygen atoms in total. The Labute approximate surface area is 201 Å². The molecule has 0 saturated heterocycles. The van der Waals surface area contributed by atoms with Gasteiger partial charge in [-0.2, -0.15) is 0 Å². The van der Waals surface area contributed by atoms with E-state index in [4.69, 9.17) is 0 Å². The highest BCUT2D eigenvalue weighted by atomic mass is 15.1. The summed E-state index contributed by atoms with van der Waals surface area (Å²) in [5, 5.41) is 0. The van der Waals surface area contributed by atoms with Crippen LogP contribution in [0.25, 0.3) is 33.4 Å². The molecule has 1 heteroatoms. The Bertz CT molecular complexity index is 1540. The summed E-state index contributed by atoms with van der Waals surface area (Å²) in [6, 6.07) is 42.7. The third kappa shape index (κ3) is 2.34. The van der Waals surface area contributed by atoms with Crippen molar-refractivity contribution in [2.45, 2.75) is 5.41 Å². The van der Waals surface area contributed by atoms with Gasteiger partial charge in [0.25, 0.3) is 0 Å². The van der Waals surface area contributed by atoms with Crippen LogP contribution in [0.3, 0.4) is 0 Å². The van der Waals surface area contributed by atoms with Crippen LogP contribution >= 0.6 is 0 Å². The lowest BCUT2D eigenvalue weighted by molar-refractivity contribution is 0.794. The van der Waals surface area contributed by atoms with E-state index < -0.39 is 0 Å². The summed E-state index contributed by atoms with van der Waals surface area (Å²) in [6.45, 7) is 0. The second-order valence-electron chi connectivity index (χ2n) is 9.56. The molecule has 5 aromatic carbocycles. The number of benzene rings is 5. The number of para-hydroxylation sites is 1. The van der Waals surface area contributed by atoms with E-state index in [2.05, 4.69) is 134 Å². The minimum Gasteiger partial charge on any atom is -0.377 e. The number of fused-ring (bicyclic) bond motifs is 10. The van der Waals surface area contributed by atoms with Gasteiger partial charge in [0, 0.05) is 25.3 Å². The van der Waals surface area contributed by atoms with Crippen LogP contribution in [0.15, 0.2) is 115 Å². The van der Waals surface area contributed by atoms with Gasteiger partial charge in [-0.1, -0.05) is 103 Å². The van der Waals surface area contributed by atoms with E-state index in [1.54, 1.807) is 0 Å². The molecule has 162 valence electrons. The summed E-state index contributed by atoms with van der Waals surface area (Å²) in [6.07, 6.45) is 0. The zero-order valence-electron chi connectivity index (χ0n) is 19.4. The molecular formula is C33H25N. The predicted octanol–water partition coefficient (Wildman–Crippen LogP) is 7.76. The second kappa shape index (κ2) is 6.95. The second-order valence-corrected chi connectivity index (χ2v) is 9.56. The quantitative estimate of drug-likeness (QED) is 0.268. The summed E-state index contributed by atoms with van der Waals surface area (Å²) < 4.78 is 0. The van der Waals surface area contributed by atoms with Crippen LogP contribution in [0.2, 0.25) is 0 Å². The maximum absolute atomic E-state index is 2.41. The van der Waals surface area contributed by atoms with Gasteiger partial charge < -0.3 is 4.90 Å². The lowest BCUT2D eigenvalue weighted by atomic mass is 9.70. The van der Waals surface area contributed by atoms with Crippen molar-refractivity contribution in [3.63, 3.8) is 0 Å². The SMILES string of the molecule is CN(C)c1ccccc1-c1ccc2c(c1)-c1ccccc1C21c2ccccc2-c2ccccc21. The Morgan fingerprint density at radius 3 is 1.44 bits per heavy atom. The Kier molecular flexibility index (Phi) is 3.96. The first-order chi connectivity index (χ1) is 16.7. The molecule has 0 saturated carbocycles. The van der Waals surface area contributed by atoms with Gasteiger partial charge in [0.1, 0.15) is 0 Å². The average Bonchev–Trinajstić information content (AvgIpc) is 3.36. The van der Waals surface area contributed by atoms with Crippen LogP contribution in [0.5, 0.6) is 0 Å². The molecule has 0 radical (unpaired) electrons. The standard InChI is InChI=1S/C33H25N/c1-34(2)32-18-10-6-11-23(32)22-19-20-31-27(21-22)26-14-5-9-17-30(26)33(31)28-15-7-3-12-24(28)25-13-4-8-16-29(25)33/h3-21H,1-2H3. The average molecular weight is 436 g/mol. The minimum atomic E-state index is -0.265. The predicted molar refractivity (Wildman–Crippen MR) is 143 cm³/mol. The molecular weight excluding hydrogens is 410 g/mol. The zero-order valence-corrected chi connectivity index (χ0v) is 19.4. The molecule has 2 aliphatic rings. The van der Waals surface area contributed by atoms with Gasteiger partial charge in [-0.15, -0.1) is 0 Å². The Hall–Kier alpha value is -4.10. The largest absolute Gasteiger partial charge is 0.377 e. The van der Waals surface area contributed by atoms with Crippen molar-refractivity contribution in [3.05, 3.63) is 138 Å². The van der Waals surface area contributed by atoms with E-state index in [9.17, 15) is 0 Å². The van der Waals surface area contributed by atoms with Crippen LogP contribution in [0.4, 0.5) is 5.69 Å². The highest BCUT2D eigenvalue weighted by molar-refractivity contribution is 5.96. The summed E-state index contributed by atoms with van der Waals surface area (Å²) in [5.74, 6) is 0. The zero-order chi connectivity index (χ0) is 22.9. The summed E-state index contributed by atoms with van der Waals surface area (Å²) in [5.41, 5.74) is 14.4. The summed E-state index contributed by atoms with van der Waals surface area (Å²) >= 11 is 0. The van der Waals surface area contributed by atoms with Gasteiger partial charge >= 0.3 is 0 Å². The van der Waals surface area contributed by atoms with Gasteiger partial charge in [-0.25, -0.2) is 0 Å². The molecule has 0 aromatic heterocycles. The third-order valence-electron chi connectivity index (χ3n) is 7.69. The van der Waals surface area contributed by atoms with Crippen LogP contribution in [-0.2, 0) is 5.41 Å². The molecule has 0 fully saturated rings. The third-order valence-corrected chi connectivity index (χ3v) is 7.69. The smallest absolute Gasteiger partial charge is 0.0725 e. The van der Waals surface area contributed by atoms with E-state index in [1.807, 2.05) is 0 Å². The van der Waals surface area contributed by atoms with Gasteiger partial charge in [0.15, 0.2) is 0 Å². The fourth-order valence-corrected chi connectivity index (χ4v) is 6.37. The van der Waals surface area contributed by atoms with Crippen molar-refractivity contribution < 1.29 is 0 Å². The number of nitrogens with zero attached hydrogens (tertiary/aromatic N) is 1. The van der Waals surface area contributed by atoms with E-state index in [1.165, 1.54) is 61.3 Å². The minimum absolute atomic E-state index is 0.265. The van der Waals surface area contributed by atoms with Crippen LogP contribution in [0.1, 0.15) is 22.3 Å². The molecule has 34 heavy (non-hydrogen) atoms. The molecule has 2 aliphatic carbocycles. The Morgan fingerprint density at radius 2 is 0.882 bits per heavy atom. The van der Waals surface area contributed by atoms with Crippen molar-refractivity contribution in [1.82, 2.24) is 0 Å². The lowest BCUT2D eigenvalue weighted by Gasteiger charge is -2.30. The number of hydrogen-bond donors (Lipinski definition) is 0. The van der Waals surface area contributed by atoms with Crippen molar-refractivity contribution in [1.29, 1.82) is 0 Å². The van der Waals surface area contributed by atoms with Crippen molar-refractivity contribution in [2.75, 3.05) is 19.0 Å². The normalized spacial score (nSPS) is 13.8. The van der Waals surface area contributed by atoms with Gasteiger partial charge in [-0.05, 0) is 62.2 Å². The number of rotatable bonds is 2. The molecule has 0 unspecified atom stereocenters. The molecule has 0 amide bonds. The van der Waals surface area contributed by atoms with Gasteiger partial charge in [0.05, 0.1) is 5.41 Å². The molecule has 5 aromatic rings. The van der Waals surface area contributed by atoms with Crippen LogP contribution < -0.4 is 4.90 Å². The highest BCUT2D eigenvalue weighted by Gasteiger charge is 2.51. The fraction of sp³-hybridized carbons (Fsp3) is 0.0909. The van der Waals surface area contributed by atoms with E-state index in [0.717, 1.165) is 0 Å². The van der Waals surface area contributed by atoms with Crippen LogP contribution in [-0.4, -0.2) is 14.1 Å². The number of anilines is 1. The first-order valence-corrected chi connectivity index (χ1v) is 11.9. The summed E-state index contributed by atoms with van der Waals surface area (Å²) in [4.78, 5) is 2.20. The maximum atomic E-state index is 2.41. The first-order valence-electron chi connectivity index (χ1n) is 11.9. The Morgan fingerprint density at radius 1 is 0.441 bits per heavy atom. The molecule has 0 heterocycles. The van der Waals surface area contributed by atoms with Crippen molar-refractivity contribution in [3.8, 4) is 33.4 Å². The monoisotopic (exact) mass is 435 g/mol. The molecule has 7 rings (SSSR count). The summed E-state index contributed by atoms with van der Waals surface area (Å²) in [7, 11) is 4.23. The molecule has 0 aliphatic heterocycles. The molecule has 1 spiro atoms. The van der Waals surface area contributed by atoms with Crippen LogP contribution in [0, 0.1) is 0 Å². The van der Waals surface area contributed by atoms with E-state index >= 15 is 0 Å². The van der Waals surface area contributed by atoms with E-state index in [0.29, 0.717) is 0 Å². The molecule has 0 bridgehead atoms. The van der Waals surface area contributed by atoms with Crippen molar-refractivity contribution >= 4 is 5.69 Å². The molecule has 0 atom stereocenters.